The third-order valence-electron chi connectivity index (χ3n) is 4.67. The van der Waals surface area contributed by atoms with Crippen LogP contribution in [-0.2, 0) is 9.59 Å². The van der Waals surface area contributed by atoms with Crippen molar-refractivity contribution in [3.63, 3.8) is 0 Å². The average molecular weight is 331 g/mol. The van der Waals surface area contributed by atoms with Crippen LogP contribution in [0.2, 0.25) is 0 Å². The van der Waals surface area contributed by atoms with Gasteiger partial charge in [0.2, 0.25) is 11.8 Å². The zero-order chi connectivity index (χ0) is 17.7. The van der Waals surface area contributed by atoms with Crippen molar-refractivity contribution in [2.75, 3.05) is 25.0 Å². The number of hydrogen-bond acceptors (Lipinski definition) is 3. The minimum absolute atomic E-state index is 0.00775. The SMILES string of the molecule is Cc1cc(C)c(NC(=O)CNC(=O)CN2CCCC[C@@H]2C)c(C)c1. The van der Waals surface area contributed by atoms with E-state index in [4.69, 9.17) is 0 Å². The van der Waals surface area contributed by atoms with E-state index in [-0.39, 0.29) is 18.4 Å². The number of nitrogens with one attached hydrogen (secondary N) is 2. The molecule has 5 heteroatoms. The molecule has 0 spiro atoms. The van der Waals surface area contributed by atoms with Gasteiger partial charge in [-0.3, -0.25) is 14.5 Å². The maximum atomic E-state index is 12.1. The second kappa shape index (κ2) is 8.29. The van der Waals surface area contributed by atoms with Crippen LogP contribution in [0, 0.1) is 20.8 Å². The number of anilines is 1. The smallest absolute Gasteiger partial charge is 0.243 e. The highest BCUT2D eigenvalue weighted by Gasteiger charge is 2.20. The van der Waals surface area contributed by atoms with Crippen molar-refractivity contribution >= 4 is 17.5 Å². The first-order valence-corrected chi connectivity index (χ1v) is 8.75. The molecule has 0 saturated carbocycles. The highest BCUT2D eigenvalue weighted by Crippen LogP contribution is 2.21. The van der Waals surface area contributed by atoms with Crippen molar-refractivity contribution in [2.24, 2.45) is 0 Å². The molecule has 1 aliphatic heterocycles. The number of likely N-dealkylation sites (tertiary alicyclic amines) is 1. The molecule has 0 bridgehead atoms. The highest BCUT2D eigenvalue weighted by atomic mass is 16.2. The molecule has 0 aromatic heterocycles. The maximum Gasteiger partial charge on any atom is 0.243 e. The Labute approximate surface area is 144 Å². The second-order valence-electron chi connectivity index (χ2n) is 6.91. The number of rotatable bonds is 5. The predicted molar refractivity (Wildman–Crippen MR) is 97.2 cm³/mol. The molecule has 2 rings (SSSR count). The van der Waals surface area contributed by atoms with Gasteiger partial charge < -0.3 is 10.6 Å². The summed E-state index contributed by atoms with van der Waals surface area (Å²) in [5.74, 6) is -0.277. The molecule has 24 heavy (non-hydrogen) atoms. The van der Waals surface area contributed by atoms with Gasteiger partial charge >= 0.3 is 0 Å². The summed E-state index contributed by atoms with van der Waals surface area (Å²) in [7, 11) is 0. The molecule has 1 heterocycles. The maximum absolute atomic E-state index is 12.1. The normalized spacial score (nSPS) is 18.2. The number of carbonyl (C=O) groups is 2. The second-order valence-corrected chi connectivity index (χ2v) is 6.91. The van der Waals surface area contributed by atoms with E-state index in [2.05, 4.69) is 22.5 Å². The third-order valence-corrected chi connectivity index (χ3v) is 4.67. The molecule has 0 radical (unpaired) electrons. The van der Waals surface area contributed by atoms with Crippen LogP contribution in [0.1, 0.15) is 42.9 Å². The lowest BCUT2D eigenvalue weighted by atomic mass is 10.0. The number of amides is 2. The first kappa shape index (κ1) is 18.5. The van der Waals surface area contributed by atoms with Gasteiger partial charge in [-0.15, -0.1) is 0 Å². The molecule has 1 fully saturated rings. The van der Waals surface area contributed by atoms with Gasteiger partial charge in [0.15, 0.2) is 0 Å². The van der Waals surface area contributed by atoms with Gasteiger partial charge in [-0.1, -0.05) is 24.1 Å². The van der Waals surface area contributed by atoms with E-state index in [1.54, 1.807) is 0 Å². The number of hydrogen-bond donors (Lipinski definition) is 2. The summed E-state index contributed by atoms with van der Waals surface area (Å²) >= 11 is 0. The summed E-state index contributed by atoms with van der Waals surface area (Å²) < 4.78 is 0. The van der Waals surface area contributed by atoms with Crippen molar-refractivity contribution in [1.29, 1.82) is 0 Å². The van der Waals surface area contributed by atoms with Crippen LogP contribution in [-0.4, -0.2) is 42.4 Å². The van der Waals surface area contributed by atoms with Gasteiger partial charge in [0.25, 0.3) is 0 Å². The molecular weight excluding hydrogens is 302 g/mol. The Hall–Kier alpha value is -1.88. The zero-order valence-corrected chi connectivity index (χ0v) is 15.2. The molecule has 0 aliphatic carbocycles. The largest absolute Gasteiger partial charge is 0.346 e. The molecule has 0 unspecified atom stereocenters. The van der Waals surface area contributed by atoms with E-state index in [1.807, 2.05) is 32.9 Å². The number of aryl methyl sites for hydroxylation is 3. The van der Waals surface area contributed by atoms with Gasteiger partial charge in [-0.05, 0) is 58.2 Å². The molecule has 132 valence electrons. The van der Waals surface area contributed by atoms with E-state index in [9.17, 15) is 9.59 Å². The molecular formula is C19H29N3O2. The minimum Gasteiger partial charge on any atom is -0.346 e. The van der Waals surface area contributed by atoms with E-state index in [1.165, 1.54) is 12.0 Å². The third kappa shape index (κ3) is 5.06. The minimum atomic E-state index is -0.190. The van der Waals surface area contributed by atoms with Crippen molar-refractivity contribution in [2.45, 2.75) is 53.0 Å². The fourth-order valence-corrected chi connectivity index (χ4v) is 3.37. The highest BCUT2D eigenvalue weighted by molar-refractivity contribution is 5.96. The molecule has 1 aromatic carbocycles. The summed E-state index contributed by atoms with van der Waals surface area (Å²) in [5.41, 5.74) is 4.08. The van der Waals surface area contributed by atoms with Crippen molar-refractivity contribution in [3.05, 3.63) is 28.8 Å². The van der Waals surface area contributed by atoms with Gasteiger partial charge in [0.1, 0.15) is 0 Å². The fraction of sp³-hybridized carbons (Fsp3) is 0.579. The van der Waals surface area contributed by atoms with E-state index in [0.717, 1.165) is 36.2 Å². The molecule has 5 nitrogen and oxygen atoms in total. The lowest BCUT2D eigenvalue weighted by Gasteiger charge is -2.32. The average Bonchev–Trinajstić information content (AvgIpc) is 2.51. The summed E-state index contributed by atoms with van der Waals surface area (Å²) in [5, 5.41) is 5.63. The van der Waals surface area contributed by atoms with E-state index < -0.39 is 0 Å². The first-order chi connectivity index (χ1) is 11.4. The van der Waals surface area contributed by atoms with Gasteiger partial charge in [-0.25, -0.2) is 0 Å². The number of nitrogens with zero attached hydrogens (tertiary/aromatic N) is 1. The molecule has 2 amide bonds. The van der Waals surface area contributed by atoms with Crippen molar-refractivity contribution < 1.29 is 9.59 Å². The topological polar surface area (TPSA) is 61.4 Å². The molecule has 1 aromatic rings. The lowest BCUT2D eigenvalue weighted by Crippen LogP contribution is -2.45. The summed E-state index contributed by atoms with van der Waals surface area (Å²) in [6, 6.07) is 4.52. The molecule has 1 aliphatic rings. The van der Waals surface area contributed by atoms with Gasteiger partial charge in [-0.2, -0.15) is 0 Å². The van der Waals surface area contributed by atoms with Crippen molar-refractivity contribution in [1.82, 2.24) is 10.2 Å². The van der Waals surface area contributed by atoms with Crippen LogP contribution >= 0.6 is 0 Å². The van der Waals surface area contributed by atoms with Crippen LogP contribution in [0.25, 0.3) is 0 Å². The Morgan fingerprint density at radius 2 is 1.79 bits per heavy atom. The van der Waals surface area contributed by atoms with Crippen LogP contribution in [0.3, 0.4) is 0 Å². The number of benzene rings is 1. The molecule has 1 atom stereocenters. The summed E-state index contributed by atoms with van der Waals surface area (Å²) in [6.45, 7) is 9.49. The predicted octanol–water partition coefficient (Wildman–Crippen LogP) is 2.54. The Kier molecular flexibility index (Phi) is 6.37. The molecule has 1 saturated heterocycles. The Morgan fingerprint density at radius 3 is 2.42 bits per heavy atom. The van der Waals surface area contributed by atoms with Crippen LogP contribution in [0.15, 0.2) is 12.1 Å². The Morgan fingerprint density at radius 1 is 1.12 bits per heavy atom. The first-order valence-electron chi connectivity index (χ1n) is 8.75. The standard InChI is InChI=1S/C19H29N3O2/c1-13-9-14(2)19(15(3)10-13)21-17(23)11-20-18(24)12-22-8-6-5-7-16(22)4/h9-10,16H,5-8,11-12H2,1-4H3,(H,20,24)(H,21,23)/t16-/m0/s1. The molecule has 2 N–H and O–H groups in total. The summed E-state index contributed by atoms with van der Waals surface area (Å²) in [4.78, 5) is 26.4. The number of carbonyl (C=O) groups excluding carboxylic acids is 2. The van der Waals surface area contributed by atoms with Crippen LogP contribution in [0.5, 0.6) is 0 Å². The summed E-state index contributed by atoms with van der Waals surface area (Å²) in [6.07, 6.45) is 3.51. The van der Waals surface area contributed by atoms with Gasteiger partial charge in [0, 0.05) is 11.7 Å². The van der Waals surface area contributed by atoms with Crippen LogP contribution in [0.4, 0.5) is 5.69 Å². The number of piperidine rings is 1. The lowest BCUT2D eigenvalue weighted by molar-refractivity contribution is -0.125. The van der Waals surface area contributed by atoms with E-state index >= 15 is 0 Å². The zero-order valence-electron chi connectivity index (χ0n) is 15.2. The Balaban J connectivity index is 1.82. The van der Waals surface area contributed by atoms with Crippen molar-refractivity contribution in [3.8, 4) is 0 Å². The Bertz CT molecular complexity index is 590. The quantitative estimate of drug-likeness (QED) is 0.871. The van der Waals surface area contributed by atoms with E-state index in [0.29, 0.717) is 12.6 Å². The van der Waals surface area contributed by atoms with Crippen LogP contribution < -0.4 is 10.6 Å². The fourth-order valence-electron chi connectivity index (χ4n) is 3.37. The van der Waals surface area contributed by atoms with Gasteiger partial charge in [0.05, 0.1) is 13.1 Å². The monoisotopic (exact) mass is 331 g/mol.